The van der Waals surface area contributed by atoms with Crippen LogP contribution >= 0.6 is 15.9 Å². The fourth-order valence-corrected chi connectivity index (χ4v) is 2.16. The van der Waals surface area contributed by atoms with Gasteiger partial charge >= 0.3 is 0 Å². The van der Waals surface area contributed by atoms with Crippen LogP contribution in [-0.2, 0) is 0 Å². The van der Waals surface area contributed by atoms with Gasteiger partial charge < -0.3 is 10.3 Å². The fourth-order valence-electron chi connectivity index (χ4n) is 1.89. The van der Waals surface area contributed by atoms with E-state index in [4.69, 9.17) is 5.73 Å². The zero-order valence-corrected chi connectivity index (χ0v) is 11.6. The molecule has 0 fully saturated rings. The molecule has 2 rings (SSSR count). The van der Waals surface area contributed by atoms with Gasteiger partial charge in [-0.15, -0.1) is 0 Å². The Morgan fingerprint density at radius 2 is 1.88 bits per heavy atom. The van der Waals surface area contributed by atoms with Crippen LogP contribution in [0.2, 0.25) is 0 Å². The minimum Gasteiger partial charge on any atom is -0.326 e. The normalized spacial score (nSPS) is 14.6. The average molecular weight is 294 g/mol. The molecule has 0 aliphatic carbocycles. The number of imidazole rings is 1. The lowest BCUT2D eigenvalue weighted by Gasteiger charge is -2.18. The maximum atomic E-state index is 5.93. The van der Waals surface area contributed by atoms with E-state index in [9.17, 15) is 0 Å². The van der Waals surface area contributed by atoms with Gasteiger partial charge in [0.2, 0.25) is 0 Å². The van der Waals surface area contributed by atoms with Crippen LogP contribution in [-0.4, -0.2) is 9.55 Å². The number of rotatable bonds is 3. The lowest BCUT2D eigenvalue weighted by molar-refractivity contribution is 0.582. The van der Waals surface area contributed by atoms with E-state index in [1.807, 2.05) is 31.6 Å². The van der Waals surface area contributed by atoms with Crippen molar-refractivity contribution >= 4 is 15.9 Å². The molecule has 2 aromatic rings. The Morgan fingerprint density at radius 3 is 2.47 bits per heavy atom. The Bertz CT molecular complexity index is 488. The van der Waals surface area contributed by atoms with Gasteiger partial charge in [-0.3, -0.25) is 0 Å². The molecular weight excluding hydrogens is 278 g/mol. The third kappa shape index (κ3) is 2.58. The Hall–Kier alpha value is -1.13. The van der Waals surface area contributed by atoms with Gasteiger partial charge in [0.1, 0.15) is 0 Å². The Kier molecular flexibility index (Phi) is 3.64. The van der Waals surface area contributed by atoms with Crippen LogP contribution in [0.1, 0.15) is 37.2 Å². The first kappa shape index (κ1) is 12.3. The lowest BCUT2D eigenvalue weighted by atomic mass is 10.1. The first-order valence-corrected chi connectivity index (χ1v) is 6.41. The van der Waals surface area contributed by atoms with Gasteiger partial charge in [0.05, 0.1) is 18.1 Å². The summed E-state index contributed by atoms with van der Waals surface area (Å²) in [6.07, 6.45) is 3.67. The van der Waals surface area contributed by atoms with Crippen molar-refractivity contribution in [2.45, 2.75) is 25.9 Å². The van der Waals surface area contributed by atoms with Crippen LogP contribution < -0.4 is 5.73 Å². The molecule has 0 saturated heterocycles. The Balaban J connectivity index is 2.33. The molecule has 0 saturated carbocycles. The first-order chi connectivity index (χ1) is 8.09. The molecule has 4 heteroatoms. The summed E-state index contributed by atoms with van der Waals surface area (Å²) in [5.41, 5.74) is 8.23. The second kappa shape index (κ2) is 5.02. The molecule has 0 radical (unpaired) electrons. The lowest BCUT2D eigenvalue weighted by Crippen LogP contribution is -2.15. The summed E-state index contributed by atoms with van der Waals surface area (Å²) < 4.78 is 3.21. The predicted molar refractivity (Wildman–Crippen MR) is 72.8 cm³/mol. The van der Waals surface area contributed by atoms with E-state index >= 15 is 0 Å². The monoisotopic (exact) mass is 293 g/mol. The van der Waals surface area contributed by atoms with E-state index in [0.29, 0.717) is 0 Å². The zero-order valence-electron chi connectivity index (χ0n) is 9.97. The SMILES string of the molecule is CC(c1ccc(Br)cc1)n1cncc1[C@H](C)N. The highest BCUT2D eigenvalue weighted by Gasteiger charge is 2.13. The van der Waals surface area contributed by atoms with Gasteiger partial charge in [0.25, 0.3) is 0 Å². The molecular formula is C13H16BrN3. The fraction of sp³-hybridized carbons (Fsp3) is 0.308. The van der Waals surface area contributed by atoms with Crippen LogP contribution in [0.4, 0.5) is 0 Å². The van der Waals surface area contributed by atoms with Crippen LogP contribution in [0.5, 0.6) is 0 Å². The molecule has 1 aromatic heterocycles. The van der Waals surface area contributed by atoms with Gasteiger partial charge in [0, 0.05) is 16.7 Å². The average Bonchev–Trinajstić information content (AvgIpc) is 2.78. The van der Waals surface area contributed by atoms with Crippen LogP contribution in [0.15, 0.2) is 41.3 Å². The smallest absolute Gasteiger partial charge is 0.0954 e. The van der Waals surface area contributed by atoms with Crippen LogP contribution in [0.25, 0.3) is 0 Å². The summed E-state index contributed by atoms with van der Waals surface area (Å²) in [5.74, 6) is 0. The van der Waals surface area contributed by atoms with Crippen molar-refractivity contribution in [3.8, 4) is 0 Å². The Morgan fingerprint density at radius 1 is 1.24 bits per heavy atom. The summed E-state index contributed by atoms with van der Waals surface area (Å²) in [4.78, 5) is 4.18. The second-order valence-corrected chi connectivity index (χ2v) is 5.16. The van der Waals surface area contributed by atoms with Crippen molar-refractivity contribution in [1.82, 2.24) is 9.55 Å². The van der Waals surface area contributed by atoms with E-state index in [2.05, 4.69) is 44.5 Å². The van der Waals surface area contributed by atoms with Crippen LogP contribution in [0, 0.1) is 0 Å². The molecule has 3 nitrogen and oxygen atoms in total. The van der Waals surface area contributed by atoms with Gasteiger partial charge in [-0.2, -0.15) is 0 Å². The molecule has 0 amide bonds. The molecule has 0 aliphatic rings. The third-order valence-electron chi connectivity index (χ3n) is 2.93. The topological polar surface area (TPSA) is 43.8 Å². The highest BCUT2D eigenvalue weighted by atomic mass is 79.9. The van der Waals surface area contributed by atoms with E-state index in [-0.39, 0.29) is 12.1 Å². The van der Waals surface area contributed by atoms with Gasteiger partial charge in [0.15, 0.2) is 0 Å². The summed E-state index contributed by atoms with van der Waals surface area (Å²) in [6.45, 7) is 4.12. The number of hydrogen-bond acceptors (Lipinski definition) is 2. The first-order valence-electron chi connectivity index (χ1n) is 5.62. The molecule has 1 unspecified atom stereocenters. The number of halogens is 1. The minimum absolute atomic E-state index is 0.00426. The van der Waals surface area contributed by atoms with E-state index in [0.717, 1.165) is 10.2 Å². The van der Waals surface area contributed by atoms with Gasteiger partial charge in [-0.25, -0.2) is 4.98 Å². The third-order valence-corrected chi connectivity index (χ3v) is 3.46. The maximum absolute atomic E-state index is 5.93. The van der Waals surface area contributed by atoms with Crippen molar-refractivity contribution in [1.29, 1.82) is 0 Å². The molecule has 0 bridgehead atoms. The number of benzene rings is 1. The quantitative estimate of drug-likeness (QED) is 0.944. The highest BCUT2D eigenvalue weighted by molar-refractivity contribution is 9.10. The van der Waals surface area contributed by atoms with Gasteiger partial charge in [-0.05, 0) is 31.5 Å². The van der Waals surface area contributed by atoms with Crippen molar-refractivity contribution in [2.75, 3.05) is 0 Å². The summed E-state index contributed by atoms with van der Waals surface area (Å²) in [5, 5.41) is 0. The summed E-state index contributed by atoms with van der Waals surface area (Å²) in [6, 6.07) is 8.56. The highest BCUT2D eigenvalue weighted by Crippen LogP contribution is 2.23. The predicted octanol–water partition coefficient (Wildman–Crippen LogP) is 3.27. The van der Waals surface area contributed by atoms with Gasteiger partial charge in [-0.1, -0.05) is 28.1 Å². The van der Waals surface area contributed by atoms with Crippen molar-refractivity contribution in [2.24, 2.45) is 5.73 Å². The molecule has 0 aliphatic heterocycles. The molecule has 2 N–H and O–H groups in total. The van der Waals surface area contributed by atoms with E-state index in [1.165, 1.54) is 5.56 Å². The number of nitrogens with zero attached hydrogens (tertiary/aromatic N) is 2. The number of nitrogens with two attached hydrogens (primary N) is 1. The van der Waals surface area contributed by atoms with E-state index in [1.54, 1.807) is 0 Å². The zero-order chi connectivity index (χ0) is 12.4. The summed E-state index contributed by atoms with van der Waals surface area (Å²) in [7, 11) is 0. The maximum Gasteiger partial charge on any atom is 0.0954 e. The molecule has 90 valence electrons. The number of aromatic nitrogens is 2. The van der Waals surface area contributed by atoms with E-state index < -0.39 is 0 Å². The molecule has 1 heterocycles. The summed E-state index contributed by atoms with van der Waals surface area (Å²) >= 11 is 3.44. The molecule has 0 spiro atoms. The molecule has 17 heavy (non-hydrogen) atoms. The Labute approximate surface area is 110 Å². The minimum atomic E-state index is -0.00426. The van der Waals surface area contributed by atoms with Crippen LogP contribution in [0.3, 0.4) is 0 Å². The van der Waals surface area contributed by atoms with Crippen molar-refractivity contribution in [3.05, 3.63) is 52.5 Å². The molecule has 1 aromatic carbocycles. The van der Waals surface area contributed by atoms with Crippen molar-refractivity contribution < 1.29 is 0 Å². The molecule has 2 atom stereocenters. The number of hydrogen-bond donors (Lipinski definition) is 1. The standard InChI is InChI=1S/C13H16BrN3/c1-9(15)13-7-16-8-17(13)10(2)11-3-5-12(14)6-4-11/h3-10H,15H2,1-2H3/t9-,10?/m0/s1. The second-order valence-electron chi connectivity index (χ2n) is 4.24. The largest absolute Gasteiger partial charge is 0.326 e. The van der Waals surface area contributed by atoms with Crippen molar-refractivity contribution in [3.63, 3.8) is 0 Å².